The van der Waals surface area contributed by atoms with Gasteiger partial charge in [0.25, 0.3) is 0 Å². The lowest BCUT2D eigenvalue weighted by molar-refractivity contribution is 0.0871. The molecule has 0 spiro atoms. The number of ether oxygens (including phenoxy) is 2. The van der Waals surface area contributed by atoms with E-state index in [4.69, 9.17) is 20.2 Å². The first-order chi connectivity index (χ1) is 12.7. The van der Waals surface area contributed by atoms with Crippen molar-refractivity contribution >= 4 is 17.5 Å². The van der Waals surface area contributed by atoms with Gasteiger partial charge >= 0.3 is 0 Å². The Morgan fingerprint density at radius 1 is 1.38 bits per heavy atom. The Bertz CT molecular complexity index is 748. The molecule has 9 heteroatoms. The van der Waals surface area contributed by atoms with E-state index in [2.05, 4.69) is 26.7 Å². The third-order valence-electron chi connectivity index (χ3n) is 4.19. The van der Waals surface area contributed by atoms with Crippen LogP contribution in [0.15, 0.2) is 22.8 Å². The van der Waals surface area contributed by atoms with Crippen molar-refractivity contribution in [2.24, 2.45) is 10.7 Å². The fourth-order valence-corrected chi connectivity index (χ4v) is 2.79. The summed E-state index contributed by atoms with van der Waals surface area (Å²) in [5.74, 6) is 1.08. The molecular formula is C17H23N7O2. The molecule has 0 aliphatic carbocycles. The Kier molecular flexibility index (Phi) is 5.86. The molecule has 0 atom stereocenters. The predicted octanol–water partition coefficient (Wildman–Crippen LogP) is 1.36. The van der Waals surface area contributed by atoms with Crippen molar-refractivity contribution < 1.29 is 9.47 Å². The minimum absolute atomic E-state index is 0.197. The molecule has 1 aromatic rings. The van der Waals surface area contributed by atoms with E-state index in [0.717, 1.165) is 18.6 Å². The second kappa shape index (κ2) is 8.49. The highest BCUT2D eigenvalue weighted by Crippen LogP contribution is 2.18. The van der Waals surface area contributed by atoms with Gasteiger partial charge in [0, 0.05) is 19.8 Å². The first-order valence-corrected chi connectivity index (χ1v) is 8.70. The van der Waals surface area contributed by atoms with Crippen molar-refractivity contribution in [1.29, 1.82) is 5.26 Å². The molecule has 2 bridgehead atoms. The average molecular weight is 357 g/mol. The van der Waals surface area contributed by atoms with Gasteiger partial charge in [-0.1, -0.05) is 0 Å². The lowest BCUT2D eigenvalue weighted by Crippen LogP contribution is -2.24. The van der Waals surface area contributed by atoms with Gasteiger partial charge in [-0.3, -0.25) is 4.99 Å². The molecule has 2 aliphatic heterocycles. The molecule has 0 amide bonds. The smallest absolute Gasteiger partial charge is 0.229 e. The van der Waals surface area contributed by atoms with Gasteiger partial charge in [-0.05, 0) is 26.2 Å². The molecule has 138 valence electrons. The van der Waals surface area contributed by atoms with Crippen LogP contribution >= 0.6 is 0 Å². The number of nitriles is 1. The number of allylic oxidation sites excluding steroid dienone is 1. The highest BCUT2D eigenvalue weighted by molar-refractivity contribution is 6.00. The molecule has 1 fully saturated rings. The molecule has 1 saturated heterocycles. The molecular weight excluding hydrogens is 334 g/mol. The number of fused-ring (bicyclic) bond motifs is 2. The Morgan fingerprint density at radius 3 is 2.96 bits per heavy atom. The number of anilines is 2. The first kappa shape index (κ1) is 17.9. The van der Waals surface area contributed by atoms with E-state index < -0.39 is 0 Å². The molecule has 0 saturated carbocycles. The molecule has 3 rings (SSSR count). The van der Waals surface area contributed by atoms with Crippen molar-refractivity contribution in [1.82, 2.24) is 9.97 Å². The Balaban J connectivity index is 1.91. The summed E-state index contributed by atoms with van der Waals surface area (Å²) in [5.41, 5.74) is 7.82. The second-order valence-corrected chi connectivity index (χ2v) is 6.12. The van der Waals surface area contributed by atoms with Crippen molar-refractivity contribution in [2.75, 3.05) is 37.0 Å². The summed E-state index contributed by atoms with van der Waals surface area (Å²) in [6, 6.07) is 2.28. The highest BCUT2D eigenvalue weighted by atomic mass is 16.5. The van der Waals surface area contributed by atoms with Gasteiger partial charge in [0.1, 0.15) is 23.1 Å². The number of rotatable bonds is 2. The molecule has 0 unspecified atom stereocenters. The van der Waals surface area contributed by atoms with E-state index in [0.29, 0.717) is 55.8 Å². The van der Waals surface area contributed by atoms with Gasteiger partial charge in [-0.15, -0.1) is 0 Å². The Labute approximate surface area is 152 Å². The van der Waals surface area contributed by atoms with Gasteiger partial charge in [-0.2, -0.15) is 10.2 Å². The number of aliphatic imine (C=N–C) groups is 1. The van der Waals surface area contributed by atoms with Crippen molar-refractivity contribution in [3.05, 3.63) is 23.3 Å². The number of nitrogens with one attached hydrogen (secondary N) is 2. The molecule has 0 aromatic carbocycles. The number of hydrogen-bond acceptors (Lipinski definition) is 9. The maximum absolute atomic E-state index is 9.20. The third kappa shape index (κ3) is 4.40. The SMILES string of the molecule is CC(=NC1CCOCC1)C1=C(N)OCCCNc2nc(ncc2C#N)N1. The Hall–Kier alpha value is -2.86. The topological polar surface area (TPSA) is 130 Å². The van der Waals surface area contributed by atoms with Crippen molar-refractivity contribution in [3.8, 4) is 6.07 Å². The molecule has 0 radical (unpaired) electrons. The lowest BCUT2D eigenvalue weighted by atomic mass is 10.1. The zero-order chi connectivity index (χ0) is 18.4. The fraction of sp³-hybridized carbons (Fsp3) is 0.529. The second-order valence-electron chi connectivity index (χ2n) is 6.12. The van der Waals surface area contributed by atoms with Gasteiger partial charge in [0.15, 0.2) is 0 Å². The summed E-state index contributed by atoms with van der Waals surface area (Å²) >= 11 is 0. The minimum Gasteiger partial charge on any atom is -0.478 e. The summed E-state index contributed by atoms with van der Waals surface area (Å²) in [4.78, 5) is 13.3. The van der Waals surface area contributed by atoms with Crippen LogP contribution in [-0.4, -0.2) is 48.1 Å². The monoisotopic (exact) mass is 357 g/mol. The van der Waals surface area contributed by atoms with Crippen LogP contribution in [0.4, 0.5) is 11.8 Å². The molecule has 4 N–H and O–H groups in total. The third-order valence-corrected chi connectivity index (χ3v) is 4.19. The first-order valence-electron chi connectivity index (χ1n) is 8.70. The number of hydrogen-bond donors (Lipinski definition) is 3. The minimum atomic E-state index is 0.197. The van der Waals surface area contributed by atoms with E-state index in [9.17, 15) is 5.26 Å². The van der Waals surface area contributed by atoms with Crippen LogP contribution in [0.5, 0.6) is 0 Å². The predicted molar refractivity (Wildman–Crippen MR) is 97.6 cm³/mol. The largest absolute Gasteiger partial charge is 0.478 e. The summed E-state index contributed by atoms with van der Waals surface area (Å²) in [6.07, 6.45) is 3.96. The van der Waals surface area contributed by atoms with Crippen LogP contribution in [0.25, 0.3) is 0 Å². The number of nitrogens with two attached hydrogens (primary N) is 1. The van der Waals surface area contributed by atoms with E-state index in [1.165, 1.54) is 6.20 Å². The summed E-state index contributed by atoms with van der Waals surface area (Å²) in [5, 5.41) is 15.4. The van der Waals surface area contributed by atoms with E-state index in [1.54, 1.807) is 0 Å². The van der Waals surface area contributed by atoms with Crippen LogP contribution in [0.3, 0.4) is 0 Å². The van der Waals surface area contributed by atoms with E-state index in [-0.39, 0.29) is 11.9 Å². The summed E-state index contributed by atoms with van der Waals surface area (Å²) in [6.45, 7) is 4.38. The summed E-state index contributed by atoms with van der Waals surface area (Å²) < 4.78 is 11.0. The van der Waals surface area contributed by atoms with Crippen LogP contribution in [0.1, 0.15) is 31.7 Å². The van der Waals surface area contributed by atoms with Gasteiger partial charge in [0.2, 0.25) is 11.8 Å². The molecule has 1 aromatic heterocycles. The Morgan fingerprint density at radius 2 is 2.19 bits per heavy atom. The quantitative estimate of drug-likeness (QED) is 0.676. The number of aromatic nitrogens is 2. The molecule has 2 aliphatic rings. The van der Waals surface area contributed by atoms with Gasteiger partial charge < -0.3 is 25.8 Å². The van der Waals surface area contributed by atoms with Crippen molar-refractivity contribution in [2.45, 2.75) is 32.2 Å². The standard InChI is InChI=1S/C17H23N7O2/c1-11(22-13-3-7-25-8-4-13)14-15(19)26-6-2-5-20-16-12(9-18)10-21-17(23-14)24-16/h10,13H,2-8,19H2,1H3,(H2,20,21,23,24). The molecule has 3 heterocycles. The van der Waals surface area contributed by atoms with Crippen LogP contribution in [0, 0.1) is 11.3 Å². The van der Waals surface area contributed by atoms with Gasteiger partial charge in [0.05, 0.1) is 24.6 Å². The van der Waals surface area contributed by atoms with Gasteiger partial charge in [-0.25, -0.2) is 4.98 Å². The van der Waals surface area contributed by atoms with Crippen LogP contribution in [-0.2, 0) is 9.47 Å². The molecule has 9 nitrogen and oxygen atoms in total. The fourth-order valence-electron chi connectivity index (χ4n) is 2.79. The van der Waals surface area contributed by atoms with Crippen molar-refractivity contribution in [3.63, 3.8) is 0 Å². The molecule has 26 heavy (non-hydrogen) atoms. The maximum Gasteiger partial charge on any atom is 0.229 e. The lowest BCUT2D eigenvalue weighted by Gasteiger charge is -2.20. The van der Waals surface area contributed by atoms with Crippen LogP contribution < -0.4 is 16.4 Å². The highest BCUT2D eigenvalue weighted by Gasteiger charge is 2.18. The van der Waals surface area contributed by atoms with E-state index >= 15 is 0 Å². The number of nitrogens with zero attached hydrogens (tertiary/aromatic N) is 4. The zero-order valence-corrected chi connectivity index (χ0v) is 14.8. The summed E-state index contributed by atoms with van der Waals surface area (Å²) in [7, 11) is 0. The van der Waals surface area contributed by atoms with E-state index in [1.807, 2.05) is 6.92 Å². The normalized spacial score (nSPS) is 19.5. The van der Waals surface area contributed by atoms with Crippen LogP contribution in [0.2, 0.25) is 0 Å². The average Bonchev–Trinajstić information content (AvgIpc) is 2.68. The zero-order valence-electron chi connectivity index (χ0n) is 14.8. The maximum atomic E-state index is 9.20.